The van der Waals surface area contributed by atoms with Gasteiger partial charge in [0.25, 0.3) is 5.56 Å². The molecule has 0 bridgehead atoms. The molecule has 0 aliphatic rings. The number of methoxy groups -OCH3 is 1. The first-order chi connectivity index (χ1) is 8.61. The van der Waals surface area contributed by atoms with Crippen LogP contribution in [-0.2, 0) is 4.74 Å². The van der Waals surface area contributed by atoms with Gasteiger partial charge in [-0.25, -0.2) is 4.98 Å². The summed E-state index contributed by atoms with van der Waals surface area (Å²) in [5, 5.41) is 0. The molecule has 6 nitrogen and oxygen atoms in total. The Bertz CT molecular complexity index is 417. The summed E-state index contributed by atoms with van der Waals surface area (Å²) < 4.78 is 6.70. The molecule has 0 amide bonds. The molecule has 0 aromatic carbocycles. The Kier molecular flexibility index (Phi) is 5.80. The van der Waals surface area contributed by atoms with Crippen molar-refractivity contribution in [2.75, 3.05) is 38.3 Å². The van der Waals surface area contributed by atoms with Crippen molar-refractivity contribution >= 4 is 5.82 Å². The lowest BCUT2D eigenvalue weighted by atomic mass is 10.3. The van der Waals surface area contributed by atoms with Crippen LogP contribution in [0.3, 0.4) is 0 Å². The van der Waals surface area contributed by atoms with Crippen molar-refractivity contribution in [3.63, 3.8) is 0 Å². The molecule has 102 valence electrons. The quantitative estimate of drug-likeness (QED) is 0.754. The van der Waals surface area contributed by atoms with Crippen LogP contribution in [0.4, 0.5) is 5.82 Å². The third-order valence-electron chi connectivity index (χ3n) is 2.67. The van der Waals surface area contributed by atoms with E-state index in [1.807, 2.05) is 18.7 Å². The van der Waals surface area contributed by atoms with E-state index in [1.165, 1.54) is 0 Å². The van der Waals surface area contributed by atoms with Crippen LogP contribution in [0.5, 0.6) is 0 Å². The smallest absolute Gasteiger partial charge is 0.293 e. The molecule has 0 spiro atoms. The van der Waals surface area contributed by atoms with Crippen LogP contribution >= 0.6 is 0 Å². The zero-order valence-electron chi connectivity index (χ0n) is 11.3. The minimum atomic E-state index is -0.0861. The van der Waals surface area contributed by atoms with E-state index in [2.05, 4.69) is 4.98 Å². The number of ether oxygens (including phenoxy) is 1. The lowest BCUT2D eigenvalue weighted by molar-refractivity contribution is 0.205. The minimum absolute atomic E-state index is 0.0861. The number of hydrogen-bond donors (Lipinski definition) is 1. The first-order valence-electron chi connectivity index (χ1n) is 6.13. The zero-order chi connectivity index (χ0) is 13.5. The lowest BCUT2D eigenvalue weighted by Crippen LogP contribution is -2.38. The monoisotopic (exact) mass is 254 g/mol. The summed E-state index contributed by atoms with van der Waals surface area (Å²) in [7, 11) is 1.63. The molecule has 0 atom stereocenters. The molecular formula is C12H22N4O2. The van der Waals surface area contributed by atoms with E-state index in [0.717, 1.165) is 0 Å². The summed E-state index contributed by atoms with van der Waals surface area (Å²) in [6, 6.07) is 0.112. The van der Waals surface area contributed by atoms with E-state index in [0.29, 0.717) is 32.1 Å². The van der Waals surface area contributed by atoms with Crippen molar-refractivity contribution in [2.24, 2.45) is 5.73 Å². The molecule has 18 heavy (non-hydrogen) atoms. The molecule has 1 aromatic heterocycles. The Labute approximate surface area is 107 Å². The summed E-state index contributed by atoms with van der Waals surface area (Å²) in [6.45, 7) is 6.14. The average Bonchev–Trinajstić information content (AvgIpc) is 2.34. The molecule has 2 N–H and O–H groups in total. The molecule has 0 aliphatic heterocycles. The van der Waals surface area contributed by atoms with Crippen LogP contribution in [-0.4, -0.2) is 42.9 Å². The van der Waals surface area contributed by atoms with Gasteiger partial charge in [-0.1, -0.05) is 0 Å². The van der Waals surface area contributed by atoms with Crippen LogP contribution in [0.15, 0.2) is 17.2 Å². The first-order valence-corrected chi connectivity index (χ1v) is 6.13. The topological polar surface area (TPSA) is 73.4 Å². The third kappa shape index (κ3) is 3.54. The molecule has 1 heterocycles. The van der Waals surface area contributed by atoms with E-state index in [4.69, 9.17) is 10.5 Å². The average molecular weight is 254 g/mol. The zero-order valence-corrected chi connectivity index (χ0v) is 11.3. The second-order valence-electron chi connectivity index (χ2n) is 4.33. The van der Waals surface area contributed by atoms with Crippen LogP contribution in [0, 0.1) is 0 Å². The molecule has 0 unspecified atom stereocenters. The fourth-order valence-corrected chi connectivity index (χ4v) is 1.72. The number of aromatic nitrogens is 2. The molecule has 0 fully saturated rings. The molecule has 0 saturated heterocycles. The summed E-state index contributed by atoms with van der Waals surface area (Å²) in [5.74, 6) is 0.439. The fourth-order valence-electron chi connectivity index (χ4n) is 1.72. The van der Waals surface area contributed by atoms with Crippen molar-refractivity contribution in [2.45, 2.75) is 19.9 Å². The molecule has 0 radical (unpaired) electrons. The summed E-state index contributed by atoms with van der Waals surface area (Å²) in [4.78, 5) is 18.3. The van der Waals surface area contributed by atoms with Crippen LogP contribution < -0.4 is 16.2 Å². The number of nitrogens with two attached hydrogens (primary N) is 1. The Morgan fingerprint density at radius 2 is 2.22 bits per heavy atom. The number of rotatable bonds is 7. The van der Waals surface area contributed by atoms with Gasteiger partial charge in [-0.2, -0.15) is 0 Å². The summed E-state index contributed by atoms with van der Waals surface area (Å²) in [5.41, 5.74) is 5.48. The number of hydrogen-bond acceptors (Lipinski definition) is 5. The largest absolute Gasteiger partial charge is 0.383 e. The van der Waals surface area contributed by atoms with Crippen molar-refractivity contribution in [3.8, 4) is 0 Å². The van der Waals surface area contributed by atoms with E-state index in [1.54, 1.807) is 24.1 Å². The normalized spacial score (nSPS) is 10.9. The number of anilines is 1. The van der Waals surface area contributed by atoms with Crippen molar-refractivity contribution < 1.29 is 4.74 Å². The van der Waals surface area contributed by atoms with Gasteiger partial charge in [-0.3, -0.25) is 4.79 Å². The lowest BCUT2D eigenvalue weighted by Gasteiger charge is -2.23. The molecular weight excluding hydrogens is 232 g/mol. The van der Waals surface area contributed by atoms with Gasteiger partial charge in [0.2, 0.25) is 0 Å². The molecule has 0 saturated carbocycles. The highest BCUT2D eigenvalue weighted by Crippen LogP contribution is 2.06. The van der Waals surface area contributed by atoms with E-state index in [9.17, 15) is 4.79 Å². The molecule has 6 heteroatoms. The van der Waals surface area contributed by atoms with Gasteiger partial charge in [-0.15, -0.1) is 0 Å². The van der Waals surface area contributed by atoms with Gasteiger partial charge in [0.05, 0.1) is 6.61 Å². The van der Waals surface area contributed by atoms with Crippen LogP contribution in [0.2, 0.25) is 0 Å². The molecule has 0 aliphatic carbocycles. The maximum Gasteiger partial charge on any atom is 0.293 e. The maximum absolute atomic E-state index is 12.3. The SMILES string of the molecule is COCCN(CCN)c1nccn(C(C)C)c1=O. The highest BCUT2D eigenvalue weighted by atomic mass is 16.5. The predicted octanol–water partition coefficient (Wildman–Crippen LogP) is 0.236. The Morgan fingerprint density at radius 1 is 1.50 bits per heavy atom. The highest BCUT2D eigenvalue weighted by Gasteiger charge is 2.13. The van der Waals surface area contributed by atoms with Crippen LogP contribution in [0.25, 0.3) is 0 Å². The van der Waals surface area contributed by atoms with Gasteiger partial charge in [0, 0.05) is 45.2 Å². The van der Waals surface area contributed by atoms with Gasteiger partial charge in [0.1, 0.15) is 0 Å². The van der Waals surface area contributed by atoms with E-state index in [-0.39, 0.29) is 11.6 Å². The summed E-state index contributed by atoms with van der Waals surface area (Å²) >= 11 is 0. The van der Waals surface area contributed by atoms with Crippen LogP contribution in [0.1, 0.15) is 19.9 Å². The Balaban J connectivity index is 3.04. The second kappa shape index (κ2) is 7.13. The third-order valence-corrected chi connectivity index (χ3v) is 2.67. The van der Waals surface area contributed by atoms with Gasteiger partial charge >= 0.3 is 0 Å². The van der Waals surface area contributed by atoms with E-state index < -0.39 is 0 Å². The predicted molar refractivity (Wildman–Crippen MR) is 72.0 cm³/mol. The fraction of sp³-hybridized carbons (Fsp3) is 0.667. The maximum atomic E-state index is 12.3. The minimum Gasteiger partial charge on any atom is -0.383 e. The van der Waals surface area contributed by atoms with Crippen molar-refractivity contribution in [1.82, 2.24) is 9.55 Å². The standard InChI is InChI=1S/C12H22N4O2/c1-10(2)16-7-5-14-11(12(16)17)15(6-4-13)8-9-18-3/h5,7,10H,4,6,8-9,13H2,1-3H3. The molecule has 1 aromatic rings. The summed E-state index contributed by atoms with van der Waals surface area (Å²) in [6.07, 6.45) is 3.35. The number of nitrogens with zero attached hydrogens (tertiary/aromatic N) is 3. The highest BCUT2D eigenvalue weighted by molar-refractivity contribution is 5.35. The van der Waals surface area contributed by atoms with Gasteiger partial charge < -0.3 is 19.9 Å². The second-order valence-corrected chi connectivity index (χ2v) is 4.33. The Morgan fingerprint density at radius 3 is 2.78 bits per heavy atom. The Hall–Kier alpha value is -1.40. The van der Waals surface area contributed by atoms with Crippen molar-refractivity contribution in [1.29, 1.82) is 0 Å². The van der Waals surface area contributed by atoms with Crippen molar-refractivity contribution in [3.05, 3.63) is 22.7 Å². The van der Waals surface area contributed by atoms with Gasteiger partial charge in [0.15, 0.2) is 5.82 Å². The van der Waals surface area contributed by atoms with E-state index >= 15 is 0 Å². The van der Waals surface area contributed by atoms with Gasteiger partial charge in [-0.05, 0) is 13.8 Å². The first kappa shape index (κ1) is 14.7. The molecule has 1 rings (SSSR count).